The van der Waals surface area contributed by atoms with Gasteiger partial charge in [0.15, 0.2) is 0 Å². The molecule has 0 amide bonds. The molecule has 0 aromatic heterocycles. The van der Waals surface area contributed by atoms with E-state index in [9.17, 15) is 0 Å². The van der Waals surface area contributed by atoms with Crippen LogP contribution < -0.4 is 9.64 Å². The predicted molar refractivity (Wildman–Crippen MR) is 55.9 cm³/mol. The summed E-state index contributed by atoms with van der Waals surface area (Å²) in [4.78, 5) is 2.07. The minimum Gasteiger partial charge on any atom is -0.497 e. The summed E-state index contributed by atoms with van der Waals surface area (Å²) in [6.45, 7) is 9.11. The van der Waals surface area contributed by atoms with Gasteiger partial charge < -0.3 is 23.5 Å². The maximum Gasteiger partial charge on any atom is 2.00 e. The topological polar surface area (TPSA) is 12.5 Å². The molecule has 0 bridgehead atoms. The van der Waals surface area contributed by atoms with Gasteiger partial charge in [-0.15, -0.1) is 13.1 Å². The fourth-order valence-corrected chi connectivity index (χ4v) is 1.18. The Hall–Kier alpha value is -0.661. The van der Waals surface area contributed by atoms with Crippen molar-refractivity contribution < 1.29 is 21.8 Å². The standard InChI is InChI=1S/C11H15NO.Mn/c1-4-12(5-2)10-7-6-8-11(9-10)13-3;/h6-9H,1-2,4-5H2,3H3;/q-2;+2. The van der Waals surface area contributed by atoms with E-state index in [1.165, 1.54) is 0 Å². The van der Waals surface area contributed by atoms with Crippen molar-refractivity contribution in [3.05, 3.63) is 38.1 Å². The molecule has 0 atom stereocenters. The summed E-state index contributed by atoms with van der Waals surface area (Å²) >= 11 is 0. The number of hydrogen-bond acceptors (Lipinski definition) is 2. The van der Waals surface area contributed by atoms with Gasteiger partial charge in [0.05, 0.1) is 7.11 Å². The van der Waals surface area contributed by atoms with Crippen LogP contribution in [0, 0.1) is 13.8 Å². The summed E-state index contributed by atoms with van der Waals surface area (Å²) in [6, 6.07) is 7.90. The number of ether oxygens (including phenoxy) is 1. The Labute approximate surface area is 96.7 Å². The second-order valence-electron chi connectivity index (χ2n) is 2.69. The molecule has 1 aromatic rings. The monoisotopic (exact) mass is 232 g/mol. The smallest absolute Gasteiger partial charge is 0.497 e. The average molecular weight is 232 g/mol. The molecule has 77 valence electrons. The molecule has 0 fully saturated rings. The van der Waals surface area contributed by atoms with E-state index in [0.717, 1.165) is 24.5 Å². The fraction of sp³-hybridized carbons (Fsp3) is 0.273. The van der Waals surface area contributed by atoms with Crippen LogP contribution >= 0.6 is 0 Å². The van der Waals surface area contributed by atoms with Gasteiger partial charge in [0.2, 0.25) is 0 Å². The molecule has 0 aliphatic carbocycles. The van der Waals surface area contributed by atoms with Gasteiger partial charge >= 0.3 is 17.1 Å². The van der Waals surface area contributed by atoms with Crippen molar-refractivity contribution in [1.29, 1.82) is 0 Å². The van der Waals surface area contributed by atoms with Crippen LogP contribution in [0.1, 0.15) is 0 Å². The van der Waals surface area contributed by atoms with E-state index in [4.69, 9.17) is 4.74 Å². The molecule has 0 aliphatic rings. The van der Waals surface area contributed by atoms with Crippen LogP contribution in [-0.2, 0) is 17.1 Å². The minimum absolute atomic E-state index is 0. The molecule has 0 spiro atoms. The Bertz CT molecular complexity index is 261. The summed E-state index contributed by atoms with van der Waals surface area (Å²) in [6.07, 6.45) is 0. The summed E-state index contributed by atoms with van der Waals surface area (Å²) in [7, 11) is 1.66. The normalized spacial score (nSPS) is 9.07. The number of benzene rings is 1. The molecule has 1 radical (unpaired) electrons. The zero-order chi connectivity index (χ0) is 9.68. The van der Waals surface area contributed by atoms with Gasteiger partial charge in [0.25, 0.3) is 0 Å². The molecule has 1 rings (SSSR count). The van der Waals surface area contributed by atoms with Crippen molar-refractivity contribution in [3.8, 4) is 5.75 Å². The van der Waals surface area contributed by atoms with Gasteiger partial charge in [-0.05, 0) is 12.1 Å². The summed E-state index contributed by atoms with van der Waals surface area (Å²) < 4.78 is 5.13. The molecule has 0 aliphatic heterocycles. The van der Waals surface area contributed by atoms with Gasteiger partial charge in [-0.25, -0.2) is 0 Å². The van der Waals surface area contributed by atoms with E-state index in [-0.39, 0.29) is 17.1 Å². The van der Waals surface area contributed by atoms with Crippen molar-refractivity contribution in [2.45, 2.75) is 0 Å². The van der Waals surface area contributed by atoms with Crippen LogP contribution in [0.4, 0.5) is 5.69 Å². The molecule has 0 saturated heterocycles. The van der Waals surface area contributed by atoms with Gasteiger partial charge in [-0.2, -0.15) is 0 Å². The third-order valence-corrected chi connectivity index (χ3v) is 1.96. The first-order valence-electron chi connectivity index (χ1n) is 4.29. The largest absolute Gasteiger partial charge is 2.00 e. The zero-order valence-corrected chi connectivity index (χ0v) is 9.55. The quantitative estimate of drug-likeness (QED) is 0.582. The first-order chi connectivity index (χ1) is 6.31. The Morgan fingerprint density at radius 3 is 2.43 bits per heavy atom. The fourth-order valence-electron chi connectivity index (χ4n) is 1.18. The third-order valence-electron chi connectivity index (χ3n) is 1.96. The molecule has 14 heavy (non-hydrogen) atoms. The van der Waals surface area contributed by atoms with Crippen LogP contribution in [0.5, 0.6) is 5.75 Å². The predicted octanol–water partition coefficient (Wildman–Crippen LogP) is 2.17. The summed E-state index contributed by atoms with van der Waals surface area (Å²) in [5.74, 6) is 0.865. The molecule has 0 N–H and O–H groups in total. The number of rotatable bonds is 4. The van der Waals surface area contributed by atoms with Gasteiger partial charge in [0.1, 0.15) is 5.75 Å². The Kier molecular flexibility index (Phi) is 6.42. The van der Waals surface area contributed by atoms with E-state index in [2.05, 4.69) is 18.7 Å². The number of anilines is 1. The Balaban J connectivity index is 0.00000169. The molecule has 0 unspecified atom stereocenters. The maximum atomic E-state index is 5.13. The van der Waals surface area contributed by atoms with Crippen LogP contribution in [0.2, 0.25) is 0 Å². The molecular weight excluding hydrogens is 217 g/mol. The van der Waals surface area contributed by atoms with Crippen LogP contribution in [0.15, 0.2) is 24.3 Å². The van der Waals surface area contributed by atoms with Crippen LogP contribution in [0.25, 0.3) is 0 Å². The molecule has 0 saturated carbocycles. The Morgan fingerprint density at radius 1 is 1.29 bits per heavy atom. The third kappa shape index (κ3) is 3.24. The van der Waals surface area contributed by atoms with Crippen molar-refractivity contribution in [2.24, 2.45) is 0 Å². The Morgan fingerprint density at radius 2 is 1.93 bits per heavy atom. The summed E-state index contributed by atoms with van der Waals surface area (Å²) in [5.41, 5.74) is 1.10. The molecular formula is C11H15MnNO. The van der Waals surface area contributed by atoms with E-state index >= 15 is 0 Å². The van der Waals surface area contributed by atoms with Gasteiger partial charge in [-0.3, -0.25) is 0 Å². The van der Waals surface area contributed by atoms with Gasteiger partial charge in [-0.1, -0.05) is 6.07 Å². The van der Waals surface area contributed by atoms with E-state index < -0.39 is 0 Å². The van der Waals surface area contributed by atoms with Crippen molar-refractivity contribution in [1.82, 2.24) is 0 Å². The minimum atomic E-state index is 0. The molecule has 3 heteroatoms. The van der Waals surface area contributed by atoms with Crippen LogP contribution in [-0.4, -0.2) is 20.2 Å². The van der Waals surface area contributed by atoms with Crippen molar-refractivity contribution in [2.75, 3.05) is 25.1 Å². The first kappa shape index (κ1) is 13.3. The van der Waals surface area contributed by atoms with Gasteiger partial charge in [0, 0.05) is 11.8 Å². The maximum absolute atomic E-state index is 5.13. The second kappa shape index (κ2) is 6.74. The zero-order valence-electron chi connectivity index (χ0n) is 8.37. The number of methoxy groups -OCH3 is 1. The second-order valence-corrected chi connectivity index (χ2v) is 2.69. The first-order valence-corrected chi connectivity index (χ1v) is 4.29. The number of nitrogens with zero attached hydrogens (tertiary/aromatic N) is 1. The van der Waals surface area contributed by atoms with E-state index in [1.807, 2.05) is 24.3 Å². The SMILES string of the molecule is [CH2-]CN(C[CH2-])c1cccc(OC)c1.[Mn+2]. The number of hydrogen-bond donors (Lipinski definition) is 0. The van der Waals surface area contributed by atoms with Crippen molar-refractivity contribution >= 4 is 5.69 Å². The summed E-state index contributed by atoms with van der Waals surface area (Å²) in [5, 5.41) is 0. The molecule has 0 heterocycles. The van der Waals surface area contributed by atoms with Crippen LogP contribution in [0.3, 0.4) is 0 Å². The van der Waals surface area contributed by atoms with E-state index in [1.54, 1.807) is 7.11 Å². The average Bonchev–Trinajstić information content (AvgIpc) is 2.20. The van der Waals surface area contributed by atoms with E-state index in [0.29, 0.717) is 0 Å². The molecule has 2 nitrogen and oxygen atoms in total. The molecule has 1 aromatic carbocycles. The van der Waals surface area contributed by atoms with Crippen molar-refractivity contribution in [3.63, 3.8) is 0 Å².